The van der Waals surface area contributed by atoms with Crippen LogP contribution >= 0.6 is 11.8 Å². The molecule has 0 saturated heterocycles. The minimum atomic E-state index is -1.54. The van der Waals surface area contributed by atoms with Crippen LogP contribution in [0, 0.1) is 0 Å². The fourth-order valence-corrected chi connectivity index (χ4v) is 4.86. The molecule has 0 aliphatic heterocycles. The van der Waals surface area contributed by atoms with Crippen molar-refractivity contribution in [2.75, 3.05) is 12.0 Å². The normalized spacial score (nSPS) is 13.9. The van der Waals surface area contributed by atoms with Gasteiger partial charge in [-0.25, -0.2) is 4.79 Å². The number of para-hydroxylation sites is 1. The lowest BCUT2D eigenvalue weighted by Gasteiger charge is -2.25. The second-order valence-electron chi connectivity index (χ2n) is 9.76. The van der Waals surface area contributed by atoms with Crippen LogP contribution in [0.4, 0.5) is 0 Å². The molecule has 0 radical (unpaired) electrons. The van der Waals surface area contributed by atoms with Crippen molar-refractivity contribution >= 4 is 52.3 Å². The predicted molar refractivity (Wildman–Crippen MR) is 159 cm³/mol. The second kappa shape index (κ2) is 15.6. The molecule has 0 spiro atoms. The van der Waals surface area contributed by atoms with Crippen molar-refractivity contribution < 1.29 is 34.2 Å². The average molecular weight is 598 g/mol. The highest BCUT2D eigenvalue weighted by atomic mass is 32.2. The maximum Gasteiger partial charge on any atom is 0.326 e. The van der Waals surface area contributed by atoms with Crippen LogP contribution in [0.1, 0.15) is 24.0 Å². The summed E-state index contributed by atoms with van der Waals surface area (Å²) in [6, 6.07) is 11.1. The molecule has 8 N–H and O–H groups in total. The van der Waals surface area contributed by atoms with Gasteiger partial charge in [-0.2, -0.15) is 11.8 Å². The topological polar surface area (TPSA) is 204 Å². The van der Waals surface area contributed by atoms with Gasteiger partial charge in [0, 0.05) is 23.5 Å². The van der Waals surface area contributed by atoms with Crippen LogP contribution in [0.25, 0.3) is 10.9 Å². The lowest BCUT2D eigenvalue weighted by molar-refractivity contribution is -0.143. The fraction of sp³-hybridized carbons (Fsp3) is 0.345. The van der Waals surface area contributed by atoms with Crippen molar-refractivity contribution in [1.29, 1.82) is 0 Å². The Bertz CT molecular complexity index is 1400. The quantitative estimate of drug-likeness (QED) is 0.126. The van der Waals surface area contributed by atoms with Crippen molar-refractivity contribution in [3.05, 3.63) is 71.9 Å². The number of amides is 3. The highest BCUT2D eigenvalue weighted by Gasteiger charge is 2.31. The molecule has 13 heteroatoms. The monoisotopic (exact) mass is 597 g/mol. The molecular formula is C29H35N5O7S. The van der Waals surface area contributed by atoms with E-state index >= 15 is 0 Å². The Morgan fingerprint density at radius 3 is 2.12 bits per heavy atom. The van der Waals surface area contributed by atoms with Crippen LogP contribution in [0.2, 0.25) is 0 Å². The summed E-state index contributed by atoms with van der Waals surface area (Å²) in [5, 5.41) is 27.3. The second-order valence-corrected chi connectivity index (χ2v) is 10.7. The Morgan fingerprint density at radius 2 is 1.45 bits per heavy atom. The van der Waals surface area contributed by atoms with E-state index in [1.165, 1.54) is 11.8 Å². The first-order valence-corrected chi connectivity index (χ1v) is 14.7. The molecule has 4 unspecified atom stereocenters. The number of carbonyl (C=O) groups excluding carboxylic acids is 3. The van der Waals surface area contributed by atoms with Crippen molar-refractivity contribution in [3.8, 4) is 0 Å². The molecule has 3 aromatic rings. The Balaban J connectivity index is 1.75. The molecule has 0 saturated carbocycles. The maximum absolute atomic E-state index is 13.3. The summed E-state index contributed by atoms with van der Waals surface area (Å²) in [7, 11) is 0. The number of aromatic amines is 1. The zero-order valence-corrected chi connectivity index (χ0v) is 23.9. The average Bonchev–Trinajstić information content (AvgIpc) is 3.37. The number of rotatable bonds is 16. The number of carbonyl (C=O) groups is 5. The molecule has 0 bridgehead atoms. The highest BCUT2D eigenvalue weighted by molar-refractivity contribution is 7.98. The van der Waals surface area contributed by atoms with Crippen molar-refractivity contribution in [1.82, 2.24) is 20.9 Å². The molecule has 2 aromatic carbocycles. The lowest BCUT2D eigenvalue weighted by Crippen LogP contribution is -2.58. The number of thioether (sulfide) groups is 1. The molecule has 0 fully saturated rings. The van der Waals surface area contributed by atoms with E-state index in [0.717, 1.165) is 16.5 Å². The number of nitrogens with one attached hydrogen (secondary N) is 4. The number of aliphatic carboxylic acids is 2. The van der Waals surface area contributed by atoms with E-state index in [-0.39, 0.29) is 19.3 Å². The molecule has 12 nitrogen and oxygen atoms in total. The van der Waals surface area contributed by atoms with E-state index < -0.39 is 60.2 Å². The van der Waals surface area contributed by atoms with E-state index in [2.05, 4.69) is 20.9 Å². The molecule has 1 aromatic heterocycles. The summed E-state index contributed by atoms with van der Waals surface area (Å²) in [4.78, 5) is 65.8. The van der Waals surface area contributed by atoms with Crippen molar-refractivity contribution in [2.45, 2.75) is 49.9 Å². The van der Waals surface area contributed by atoms with E-state index in [1.807, 2.05) is 30.5 Å². The zero-order chi connectivity index (χ0) is 30.6. The predicted octanol–water partition coefficient (Wildman–Crippen LogP) is 1.05. The summed E-state index contributed by atoms with van der Waals surface area (Å²) >= 11 is 1.42. The first kappa shape index (κ1) is 32.2. The number of benzene rings is 2. The summed E-state index contributed by atoms with van der Waals surface area (Å²) in [5.41, 5.74) is 8.45. The third kappa shape index (κ3) is 9.35. The van der Waals surface area contributed by atoms with Gasteiger partial charge in [0.2, 0.25) is 17.7 Å². The summed E-state index contributed by atoms with van der Waals surface area (Å²) in [6.07, 6.45) is 3.07. The SMILES string of the molecule is CSCCC(NC(=O)C(Cc1ccccc1)NC(=O)C(CC(=O)O)NC(=O)C(N)Cc1c[nH]c2ccccc12)C(=O)O. The number of carboxylic acids is 2. The molecule has 42 heavy (non-hydrogen) atoms. The van der Waals surface area contributed by atoms with Crippen molar-refractivity contribution in [2.24, 2.45) is 5.73 Å². The van der Waals surface area contributed by atoms with E-state index in [9.17, 15) is 34.2 Å². The Morgan fingerprint density at radius 1 is 0.833 bits per heavy atom. The number of hydrogen-bond donors (Lipinski definition) is 7. The van der Waals surface area contributed by atoms with E-state index in [4.69, 9.17) is 5.73 Å². The molecule has 4 atom stereocenters. The fourth-order valence-electron chi connectivity index (χ4n) is 4.39. The Labute approximate surface area is 246 Å². The maximum atomic E-state index is 13.3. The summed E-state index contributed by atoms with van der Waals surface area (Å²) < 4.78 is 0. The van der Waals surface area contributed by atoms with Gasteiger partial charge in [-0.1, -0.05) is 48.5 Å². The van der Waals surface area contributed by atoms with Crippen molar-refractivity contribution in [3.63, 3.8) is 0 Å². The van der Waals surface area contributed by atoms with Crippen LogP contribution in [0.5, 0.6) is 0 Å². The van der Waals surface area contributed by atoms with Crippen LogP contribution in [0.15, 0.2) is 60.8 Å². The highest BCUT2D eigenvalue weighted by Crippen LogP contribution is 2.19. The van der Waals surface area contributed by atoms with Crippen LogP contribution < -0.4 is 21.7 Å². The standard InChI is InChI=1S/C29H35N5O7S/c1-42-12-11-22(29(40)41)32-27(38)23(13-17-7-3-2-4-8-17)34-28(39)24(15-25(35)36)33-26(37)20(30)14-18-16-31-21-10-6-5-9-19(18)21/h2-10,16,20,22-24,31H,11-15,30H2,1H3,(H,32,38)(H,33,37)(H,34,39)(H,35,36)(H,40,41). The summed E-state index contributed by atoms with van der Waals surface area (Å²) in [5.74, 6) is -4.50. The van der Waals surface area contributed by atoms with Gasteiger partial charge in [0.05, 0.1) is 12.5 Å². The molecule has 1 heterocycles. The number of hydrogen-bond acceptors (Lipinski definition) is 7. The Kier molecular flexibility index (Phi) is 11.9. The molecule has 3 rings (SSSR count). The largest absolute Gasteiger partial charge is 0.481 e. The third-order valence-electron chi connectivity index (χ3n) is 6.60. The van der Waals surface area contributed by atoms with Crippen LogP contribution in [0.3, 0.4) is 0 Å². The number of fused-ring (bicyclic) bond motifs is 1. The molecule has 0 aliphatic carbocycles. The van der Waals surface area contributed by atoms with Crippen LogP contribution in [-0.4, -0.2) is 81.0 Å². The van der Waals surface area contributed by atoms with Gasteiger partial charge in [-0.05, 0) is 42.0 Å². The molecule has 3 amide bonds. The van der Waals surface area contributed by atoms with Gasteiger partial charge in [0.1, 0.15) is 18.1 Å². The lowest BCUT2D eigenvalue weighted by atomic mass is 10.0. The van der Waals surface area contributed by atoms with Gasteiger partial charge in [-0.15, -0.1) is 0 Å². The number of H-pyrrole nitrogens is 1. The number of carboxylic acid groups (broad SMARTS) is 2. The molecular weight excluding hydrogens is 562 g/mol. The zero-order valence-electron chi connectivity index (χ0n) is 23.0. The van der Waals surface area contributed by atoms with Gasteiger partial charge in [0.25, 0.3) is 0 Å². The smallest absolute Gasteiger partial charge is 0.326 e. The molecule has 224 valence electrons. The summed E-state index contributed by atoms with van der Waals surface area (Å²) in [6.45, 7) is 0. The number of nitrogens with two attached hydrogens (primary N) is 1. The minimum Gasteiger partial charge on any atom is -0.481 e. The first-order valence-electron chi connectivity index (χ1n) is 13.3. The minimum absolute atomic E-state index is 0.00109. The third-order valence-corrected chi connectivity index (χ3v) is 7.25. The van der Waals surface area contributed by atoms with Gasteiger partial charge in [-0.3, -0.25) is 19.2 Å². The van der Waals surface area contributed by atoms with Gasteiger partial charge >= 0.3 is 11.9 Å². The molecule has 0 aliphatic rings. The van der Waals surface area contributed by atoms with E-state index in [1.54, 1.807) is 36.5 Å². The first-order chi connectivity index (χ1) is 20.1. The van der Waals surface area contributed by atoms with E-state index in [0.29, 0.717) is 11.3 Å². The van der Waals surface area contributed by atoms with Gasteiger partial charge in [0.15, 0.2) is 0 Å². The Hall–Kier alpha value is -4.36. The van der Waals surface area contributed by atoms with Gasteiger partial charge < -0.3 is 36.9 Å². The van der Waals surface area contributed by atoms with Crippen LogP contribution in [-0.2, 0) is 36.8 Å². The number of aromatic nitrogens is 1.